The molecule has 0 atom stereocenters. The van der Waals surface area contributed by atoms with Gasteiger partial charge in [0.2, 0.25) is 6.33 Å². The number of hydrogen-bond acceptors (Lipinski definition) is 2. The Morgan fingerprint density at radius 3 is 1.96 bits per heavy atom. The Bertz CT molecular complexity index is 2930. The van der Waals surface area contributed by atoms with Gasteiger partial charge in [-0.3, -0.25) is 0 Å². The van der Waals surface area contributed by atoms with Gasteiger partial charge in [-0.2, -0.15) is 18.2 Å². The summed E-state index contributed by atoms with van der Waals surface area (Å²) in [5.41, 5.74) is 13.2. The molecule has 0 unspecified atom stereocenters. The van der Waals surface area contributed by atoms with Crippen LogP contribution < -0.4 is 9.30 Å². The molecule has 0 fully saturated rings. The fourth-order valence-corrected chi connectivity index (χ4v) is 7.97. The molecule has 0 aliphatic heterocycles. The standard InChI is InChI=1S/C49H36N4O.Pt/c1-49(2,3)32-26-27-50-46(28-32)53-44-23-12-11-20-40(44)41-25-24-35(30-45(41)53)54-34-15-13-14-33(29-34)52-31-51(4)47-42-21-9-7-18-38(42)36-16-5-6-17-37(36)39-19-8-10-22-43(39)48(47)52;/h5-28H,1-4H3;/q-2;. The first-order chi connectivity index (χ1) is 26.3. The van der Waals surface area contributed by atoms with Gasteiger partial charge in [0.25, 0.3) is 0 Å². The Morgan fingerprint density at radius 1 is 0.618 bits per heavy atom. The van der Waals surface area contributed by atoms with Crippen molar-refractivity contribution in [3.8, 4) is 67.8 Å². The van der Waals surface area contributed by atoms with Gasteiger partial charge in [-0.1, -0.05) is 123 Å². The third-order valence-electron chi connectivity index (χ3n) is 10.5. The van der Waals surface area contributed by atoms with Crippen LogP contribution in [0.1, 0.15) is 26.3 Å². The SMILES string of the molecule is C[n+]1[c-]n(-c2[c-]c(Oc3[c-]c4c(cc3)c3ccccc3n4-c3cc(C(C)(C)C)ccn3)ccc2)c2c1-c1ccccc1-c1ccccc1-c1ccccc1-2.[Pt]. The van der Waals surface area contributed by atoms with Crippen molar-refractivity contribution >= 4 is 21.8 Å². The van der Waals surface area contributed by atoms with E-state index in [2.05, 4.69) is 181 Å². The molecule has 1 aliphatic rings. The molecule has 0 amide bonds. The molecule has 0 saturated heterocycles. The van der Waals surface area contributed by atoms with Gasteiger partial charge in [0.1, 0.15) is 5.82 Å². The van der Waals surface area contributed by atoms with E-state index in [1.807, 2.05) is 24.4 Å². The molecule has 0 radical (unpaired) electrons. The summed E-state index contributed by atoms with van der Waals surface area (Å²) in [5, 5.41) is 2.23. The summed E-state index contributed by atoms with van der Waals surface area (Å²) in [6, 6.07) is 56.0. The van der Waals surface area contributed by atoms with E-state index >= 15 is 0 Å². The Balaban J connectivity index is 0.00000397. The molecule has 6 aromatic carbocycles. The second kappa shape index (κ2) is 13.4. The van der Waals surface area contributed by atoms with E-state index in [4.69, 9.17) is 9.72 Å². The van der Waals surface area contributed by atoms with Crippen LogP contribution in [0, 0.1) is 18.5 Å². The van der Waals surface area contributed by atoms with Gasteiger partial charge in [-0.05, 0) is 67.9 Å². The second-order valence-electron chi connectivity index (χ2n) is 14.9. The van der Waals surface area contributed by atoms with Crippen LogP contribution >= 0.6 is 0 Å². The van der Waals surface area contributed by atoms with Gasteiger partial charge in [0.05, 0.1) is 18.4 Å². The van der Waals surface area contributed by atoms with E-state index in [0.717, 1.165) is 55.8 Å². The normalized spacial score (nSPS) is 11.9. The zero-order chi connectivity index (χ0) is 36.6. The molecule has 0 bridgehead atoms. The summed E-state index contributed by atoms with van der Waals surface area (Å²) >= 11 is 0. The minimum atomic E-state index is -0.0168. The number of para-hydroxylation sites is 1. The molecule has 1 aliphatic carbocycles. The van der Waals surface area contributed by atoms with Gasteiger partial charge < -0.3 is 18.4 Å². The molecular weight excluding hydrogens is 856 g/mol. The van der Waals surface area contributed by atoms with E-state index in [1.54, 1.807) is 0 Å². The van der Waals surface area contributed by atoms with E-state index in [9.17, 15) is 0 Å². The van der Waals surface area contributed by atoms with Gasteiger partial charge in [-0.15, -0.1) is 29.7 Å². The van der Waals surface area contributed by atoms with Crippen LogP contribution in [-0.2, 0) is 33.5 Å². The van der Waals surface area contributed by atoms with Gasteiger partial charge in [0.15, 0.2) is 0 Å². The molecule has 10 rings (SSSR count). The van der Waals surface area contributed by atoms with Crippen LogP contribution in [0.25, 0.3) is 78.1 Å². The molecule has 6 heteroatoms. The summed E-state index contributed by atoms with van der Waals surface area (Å²) in [4.78, 5) is 4.83. The third kappa shape index (κ3) is 5.73. The average molecular weight is 892 g/mol. The first-order valence-corrected chi connectivity index (χ1v) is 18.3. The van der Waals surface area contributed by atoms with E-state index < -0.39 is 0 Å². The molecule has 55 heavy (non-hydrogen) atoms. The van der Waals surface area contributed by atoms with E-state index in [0.29, 0.717) is 11.5 Å². The van der Waals surface area contributed by atoms with Crippen LogP contribution in [-0.4, -0.2) is 14.1 Å². The van der Waals surface area contributed by atoms with Crippen molar-refractivity contribution in [2.24, 2.45) is 7.05 Å². The number of ether oxygens (including phenoxy) is 1. The summed E-state index contributed by atoms with van der Waals surface area (Å²) in [7, 11) is 2.07. The summed E-state index contributed by atoms with van der Waals surface area (Å²) < 4.78 is 13.0. The smallest absolute Gasteiger partial charge is 0.242 e. The fraction of sp³-hybridized carbons (Fsp3) is 0.102. The molecule has 0 saturated carbocycles. The van der Waals surface area contributed by atoms with Crippen molar-refractivity contribution < 1.29 is 30.4 Å². The number of aryl methyl sites for hydroxylation is 1. The van der Waals surface area contributed by atoms with Crippen molar-refractivity contribution in [2.45, 2.75) is 26.2 Å². The Hall–Kier alpha value is -6.03. The predicted octanol–water partition coefficient (Wildman–Crippen LogP) is 11.3. The molecule has 5 nitrogen and oxygen atoms in total. The summed E-state index contributed by atoms with van der Waals surface area (Å²) in [6.07, 6.45) is 5.53. The minimum absolute atomic E-state index is 0. The quantitative estimate of drug-likeness (QED) is 0.130. The number of pyridine rings is 1. The number of rotatable bonds is 4. The maximum absolute atomic E-state index is 6.60. The first kappa shape index (κ1) is 34.7. The van der Waals surface area contributed by atoms with E-state index in [-0.39, 0.29) is 26.5 Å². The van der Waals surface area contributed by atoms with Crippen molar-refractivity contribution in [2.75, 3.05) is 0 Å². The number of benzene rings is 6. The first-order valence-electron chi connectivity index (χ1n) is 18.3. The Labute approximate surface area is 335 Å². The number of fused-ring (bicyclic) bond motifs is 11. The van der Waals surface area contributed by atoms with Gasteiger partial charge >= 0.3 is 0 Å². The molecule has 0 spiro atoms. The van der Waals surface area contributed by atoms with Crippen molar-refractivity contribution in [1.29, 1.82) is 0 Å². The number of imidazole rings is 1. The van der Waals surface area contributed by atoms with Crippen molar-refractivity contribution in [3.05, 3.63) is 170 Å². The minimum Gasteiger partial charge on any atom is -0.510 e. The number of aromatic nitrogens is 4. The van der Waals surface area contributed by atoms with Crippen LogP contribution in [0.15, 0.2) is 146 Å². The third-order valence-corrected chi connectivity index (χ3v) is 10.5. The predicted molar refractivity (Wildman–Crippen MR) is 216 cm³/mol. The van der Waals surface area contributed by atoms with Crippen LogP contribution in [0.5, 0.6) is 11.5 Å². The molecule has 3 heterocycles. The van der Waals surface area contributed by atoms with Gasteiger partial charge in [0, 0.05) is 44.3 Å². The molecule has 0 N–H and O–H groups in total. The monoisotopic (exact) mass is 891 g/mol. The molecule has 3 aromatic heterocycles. The van der Waals surface area contributed by atoms with Crippen LogP contribution in [0.4, 0.5) is 0 Å². The summed E-state index contributed by atoms with van der Waals surface area (Å²) in [5.74, 6) is 2.04. The zero-order valence-electron chi connectivity index (χ0n) is 30.9. The maximum atomic E-state index is 6.60. The average Bonchev–Trinajstić information content (AvgIpc) is 3.71. The van der Waals surface area contributed by atoms with Crippen LogP contribution in [0.3, 0.4) is 0 Å². The second-order valence-corrected chi connectivity index (χ2v) is 14.9. The molecule has 9 aromatic rings. The molecule has 270 valence electrons. The van der Waals surface area contributed by atoms with Crippen molar-refractivity contribution in [1.82, 2.24) is 14.1 Å². The topological polar surface area (TPSA) is 35.9 Å². The number of hydrogen-bond donors (Lipinski definition) is 0. The summed E-state index contributed by atoms with van der Waals surface area (Å²) in [6.45, 7) is 6.67. The van der Waals surface area contributed by atoms with Crippen molar-refractivity contribution in [3.63, 3.8) is 0 Å². The largest absolute Gasteiger partial charge is 0.510 e. The zero-order valence-corrected chi connectivity index (χ0v) is 33.1. The Morgan fingerprint density at radius 2 is 1.24 bits per heavy atom. The number of nitrogens with zero attached hydrogens (tertiary/aromatic N) is 4. The maximum Gasteiger partial charge on any atom is 0.242 e. The Kier molecular flexibility index (Phi) is 8.44. The fourth-order valence-electron chi connectivity index (χ4n) is 7.97. The van der Waals surface area contributed by atoms with Gasteiger partial charge in [-0.25, -0.2) is 4.98 Å². The van der Waals surface area contributed by atoms with E-state index in [1.165, 1.54) is 27.8 Å². The van der Waals surface area contributed by atoms with Crippen LogP contribution in [0.2, 0.25) is 0 Å². The molecular formula is C49H36N4OPt-2.